The van der Waals surface area contributed by atoms with E-state index in [-0.39, 0.29) is 24.7 Å². The second-order valence-corrected chi connectivity index (χ2v) is 7.85. The van der Waals surface area contributed by atoms with Crippen molar-refractivity contribution < 1.29 is 14.3 Å². The van der Waals surface area contributed by atoms with E-state index in [1.807, 2.05) is 6.92 Å². The first-order valence-electron chi connectivity index (χ1n) is 11.4. The van der Waals surface area contributed by atoms with E-state index in [1.165, 1.54) is 38.5 Å². The first-order chi connectivity index (χ1) is 13.0. The van der Waals surface area contributed by atoms with Gasteiger partial charge in [-0.15, -0.1) is 0 Å². The summed E-state index contributed by atoms with van der Waals surface area (Å²) >= 11 is 0. The van der Waals surface area contributed by atoms with Crippen molar-refractivity contribution in [2.75, 3.05) is 19.7 Å². The summed E-state index contributed by atoms with van der Waals surface area (Å²) in [5.41, 5.74) is 0. The van der Waals surface area contributed by atoms with Crippen molar-refractivity contribution in [1.82, 2.24) is 4.90 Å². The highest BCUT2D eigenvalue weighted by atomic mass is 16.5. The number of carbonyl (C=O) groups excluding carboxylic acids is 2. The summed E-state index contributed by atoms with van der Waals surface area (Å²) in [6.45, 7) is 13.0. The van der Waals surface area contributed by atoms with Gasteiger partial charge in [0.1, 0.15) is 0 Å². The lowest BCUT2D eigenvalue weighted by atomic mass is 9.95. The highest BCUT2D eigenvalue weighted by Crippen LogP contribution is 2.20. The van der Waals surface area contributed by atoms with Crippen molar-refractivity contribution in [2.45, 2.75) is 105 Å². The predicted molar refractivity (Wildman–Crippen MR) is 114 cm³/mol. The molecule has 160 valence electrons. The maximum Gasteiger partial charge on any atom is 0.306 e. The maximum absolute atomic E-state index is 12.9. The monoisotopic (exact) mass is 383 g/mol. The second kappa shape index (κ2) is 17.1. The molecule has 0 fully saturated rings. The van der Waals surface area contributed by atoms with Crippen molar-refractivity contribution >= 4 is 11.9 Å². The molecular formula is C23H45NO3. The van der Waals surface area contributed by atoms with E-state index in [9.17, 15) is 9.59 Å². The fourth-order valence-electron chi connectivity index (χ4n) is 3.39. The Bertz CT molecular complexity index is 366. The first-order valence-corrected chi connectivity index (χ1v) is 11.4. The molecular weight excluding hydrogens is 338 g/mol. The van der Waals surface area contributed by atoms with Gasteiger partial charge in [-0.2, -0.15) is 0 Å². The summed E-state index contributed by atoms with van der Waals surface area (Å²) in [5, 5.41) is 0. The molecule has 0 radical (unpaired) electrons. The Morgan fingerprint density at radius 2 is 1.30 bits per heavy atom. The number of rotatable bonds is 17. The van der Waals surface area contributed by atoms with Crippen LogP contribution in [-0.4, -0.2) is 36.5 Å². The van der Waals surface area contributed by atoms with Crippen LogP contribution in [0.2, 0.25) is 0 Å². The number of hydrogen-bond donors (Lipinski definition) is 0. The average Bonchev–Trinajstić information content (AvgIpc) is 2.69. The predicted octanol–water partition coefficient (Wildman–Crippen LogP) is 5.98. The van der Waals surface area contributed by atoms with Gasteiger partial charge in [-0.1, -0.05) is 73.1 Å². The third kappa shape index (κ3) is 12.9. The third-order valence-corrected chi connectivity index (χ3v) is 5.41. The van der Waals surface area contributed by atoms with E-state index >= 15 is 0 Å². The summed E-state index contributed by atoms with van der Waals surface area (Å²) in [6, 6.07) is 0. The van der Waals surface area contributed by atoms with Gasteiger partial charge in [-0.3, -0.25) is 9.59 Å². The fraction of sp³-hybridized carbons (Fsp3) is 0.913. The molecule has 0 aliphatic rings. The van der Waals surface area contributed by atoms with Crippen molar-refractivity contribution in [1.29, 1.82) is 0 Å². The Hall–Kier alpha value is -1.06. The van der Waals surface area contributed by atoms with Gasteiger partial charge in [0.05, 0.1) is 13.0 Å². The number of nitrogens with zero attached hydrogens (tertiary/aromatic N) is 1. The standard InChI is InChI=1S/C23H45NO3/c1-6-11-13-20(9-4)18-24(19-21(10-5)14-12-7-2)22(25)15-16-23(26)27-17-8-3/h20-21H,6-19H2,1-5H3. The van der Waals surface area contributed by atoms with Gasteiger partial charge in [0, 0.05) is 19.5 Å². The summed E-state index contributed by atoms with van der Waals surface area (Å²) in [6.07, 6.45) is 10.7. The lowest BCUT2D eigenvalue weighted by molar-refractivity contribution is -0.146. The Kier molecular flexibility index (Phi) is 16.4. The molecule has 0 saturated heterocycles. The summed E-state index contributed by atoms with van der Waals surface area (Å²) < 4.78 is 5.12. The summed E-state index contributed by atoms with van der Waals surface area (Å²) in [5.74, 6) is 0.990. The molecule has 0 saturated carbocycles. The molecule has 0 rings (SSSR count). The SMILES string of the molecule is CCCCC(CC)CN(CC(CC)CCCC)C(=O)CCC(=O)OCCC. The minimum atomic E-state index is -0.249. The molecule has 0 heterocycles. The van der Waals surface area contributed by atoms with Crippen LogP contribution >= 0.6 is 0 Å². The van der Waals surface area contributed by atoms with Crippen LogP contribution in [0.15, 0.2) is 0 Å². The average molecular weight is 384 g/mol. The minimum Gasteiger partial charge on any atom is -0.466 e. The number of amides is 1. The van der Waals surface area contributed by atoms with E-state index < -0.39 is 0 Å². The van der Waals surface area contributed by atoms with E-state index in [2.05, 4.69) is 32.6 Å². The molecule has 4 heteroatoms. The number of hydrogen-bond acceptors (Lipinski definition) is 3. The van der Waals surface area contributed by atoms with Crippen LogP contribution in [0, 0.1) is 11.8 Å². The topological polar surface area (TPSA) is 46.6 Å². The molecule has 0 spiro atoms. The van der Waals surface area contributed by atoms with Gasteiger partial charge in [-0.25, -0.2) is 0 Å². The Balaban J connectivity index is 4.86. The van der Waals surface area contributed by atoms with Gasteiger partial charge in [0.15, 0.2) is 0 Å². The Morgan fingerprint density at radius 3 is 1.70 bits per heavy atom. The van der Waals surface area contributed by atoms with Crippen LogP contribution in [-0.2, 0) is 14.3 Å². The number of unbranched alkanes of at least 4 members (excludes halogenated alkanes) is 2. The summed E-state index contributed by atoms with van der Waals surface area (Å²) in [4.78, 5) is 26.7. The van der Waals surface area contributed by atoms with Crippen LogP contribution < -0.4 is 0 Å². The van der Waals surface area contributed by atoms with Gasteiger partial charge in [0.25, 0.3) is 0 Å². The Labute approximate surface area is 168 Å². The van der Waals surface area contributed by atoms with Crippen LogP contribution in [0.4, 0.5) is 0 Å². The molecule has 0 aliphatic carbocycles. The highest BCUT2D eigenvalue weighted by Gasteiger charge is 2.22. The third-order valence-electron chi connectivity index (χ3n) is 5.41. The second-order valence-electron chi connectivity index (χ2n) is 7.85. The van der Waals surface area contributed by atoms with Gasteiger partial charge in [0.2, 0.25) is 5.91 Å². The van der Waals surface area contributed by atoms with E-state index in [0.29, 0.717) is 18.4 Å². The molecule has 0 N–H and O–H groups in total. The molecule has 0 aromatic heterocycles. The van der Waals surface area contributed by atoms with Crippen LogP contribution in [0.25, 0.3) is 0 Å². The number of esters is 1. The quantitative estimate of drug-likeness (QED) is 0.290. The Morgan fingerprint density at radius 1 is 0.778 bits per heavy atom. The summed E-state index contributed by atoms with van der Waals surface area (Å²) in [7, 11) is 0. The molecule has 2 atom stereocenters. The normalized spacial score (nSPS) is 13.2. The number of carbonyl (C=O) groups is 2. The fourth-order valence-corrected chi connectivity index (χ4v) is 3.39. The molecule has 0 aromatic carbocycles. The molecule has 1 amide bonds. The minimum absolute atomic E-state index is 0.119. The zero-order valence-electron chi connectivity index (χ0n) is 18.7. The van der Waals surface area contributed by atoms with E-state index in [1.54, 1.807) is 0 Å². The van der Waals surface area contributed by atoms with Crippen molar-refractivity contribution in [2.24, 2.45) is 11.8 Å². The van der Waals surface area contributed by atoms with Crippen LogP contribution in [0.3, 0.4) is 0 Å². The lowest BCUT2D eigenvalue weighted by Crippen LogP contribution is -2.39. The molecule has 2 unspecified atom stereocenters. The molecule has 27 heavy (non-hydrogen) atoms. The van der Waals surface area contributed by atoms with E-state index in [4.69, 9.17) is 4.74 Å². The highest BCUT2D eigenvalue weighted by molar-refractivity contribution is 5.81. The first kappa shape index (κ1) is 25.9. The van der Waals surface area contributed by atoms with Crippen molar-refractivity contribution in [3.05, 3.63) is 0 Å². The van der Waals surface area contributed by atoms with Crippen LogP contribution in [0.5, 0.6) is 0 Å². The number of ether oxygens (including phenoxy) is 1. The van der Waals surface area contributed by atoms with Gasteiger partial charge < -0.3 is 9.64 Å². The molecule has 0 aliphatic heterocycles. The lowest BCUT2D eigenvalue weighted by Gasteiger charge is -2.31. The largest absolute Gasteiger partial charge is 0.466 e. The van der Waals surface area contributed by atoms with Gasteiger partial charge in [-0.05, 0) is 31.1 Å². The van der Waals surface area contributed by atoms with Crippen LogP contribution in [0.1, 0.15) is 105 Å². The molecule has 0 bridgehead atoms. The van der Waals surface area contributed by atoms with Crippen molar-refractivity contribution in [3.63, 3.8) is 0 Å². The van der Waals surface area contributed by atoms with E-state index in [0.717, 1.165) is 32.4 Å². The van der Waals surface area contributed by atoms with Gasteiger partial charge >= 0.3 is 5.97 Å². The molecule has 0 aromatic rings. The zero-order valence-corrected chi connectivity index (χ0v) is 18.7. The van der Waals surface area contributed by atoms with Crippen molar-refractivity contribution in [3.8, 4) is 0 Å². The molecule has 4 nitrogen and oxygen atoms in total. The smallest absolute Gasteiger partial charge is 0.306 e. The zero-order chi connectivity index (χ0) is 20.5. The maximum atomic E-state index is 12.9.